The quantitative estimate of drug-likeness (QED) is 0.782. The van der Waals surface area contributed by atoms with Gasteiger partial charge in [0.25, 0.3) is 0 Å². The summed E-state index contributed by atoms with van der Waals surface area (Å²) in [5.74, 6) is -0.399. The fourth-order valence-corrected chi connectivity index (χ4v) is 4.15. The van der Waals surface area contributed by atoms with Crippen LogP contribution in [0.2, 0.25) is 0 Å². The maximum Gasteiger partial charge on any atom is 0.410 e. The van der Waals surface area contributed by atoms with Crippen LogP contribution in [0.1, 0.15) is 45.6 Å². The van der Waals surface area contributed by atoms with Crippen LogP contribution in [-0.4, -0.2) is 46.7 Å². The number of nitrogens with one attached hydrogen (secondary N) is 1. The molecule has 0 radical (unpaired) electrons. The van der Waals surface area contributed by atoms with E-state index in [2.05, 4.69) is 11.4 Å². The Morgan fingerprint density at radius 3 is 2.46 bits per heavy atom. The van der Waals surface area contributed by atoms with Gasteiger partial charge in [-0.05, 0) is 56.9 Å². The number of thioether (sulfide) groups is 1. The summed E-state index contributed by atoms with van der Waals surface area (Å²) in [5, 5.41) is 2.17. The third-order valence-corrected chi connectivity index (χ3v) is 5.83. The summed E-state index contributed by atoms with van der Waals surface area (Å²) in [5.41, 5.74) is 1.84. The number of rotatable bonds is 3. The summed E-state index contributed by atoms with van der Waals surface area (Å²) in [4.78, 5) is 38.0. The summed E-state index contributed by atoms with van der Waals surface area (Å²) in [7, 11) is 0. The van der Waals surface area contributed by atoms with Crippen LogP contribution in [0, 0.1) is 0 Å². The van der Waals surface area contributed by atoms with E-state index in [1.54, 1.807) is 4.90 Å². The molecule has 6 nitrogen and oxygen atoms in total. The Hall–Kier alpha value is -2.28. The molecule has 2 heterocycles. The van der Waals surface area contributed by atoms with Crippen LogP contribution in [0.25, 0.3) is 5.57 Å². The van der Waals surface area contributed by atoms with Gasteiger partial charge in [-0.1, -0.05) is 18.2 Å². The van der Waals surface area contributed by atoms with E-state index < -0.39 is 5.60 Å². The summed E-state index contributed by atoms with van der Waals surface area (Å²) in [6.07, 6.45) is 3.53. The number of amides is 3. The molecule has 0 spiro atoms. The zero-order valence-corrected chi connectivity index (χ0v) is 17.3. The minimum Gasteiger partial charge on any atom is -0.444 e. The second-order valence-electron chi connectivity index (χ2n) is 7.99. The molecular formula is C21H26N2O4S. The molecule has 150 valence electrons. The first-order valence-corrected chi connectivity index (χ1v) is 10.4. The van der Waals surface area contributed by atoms with Gasteiger partial charge in [-0.3, -0.25) is 14.9 Å². The van der Waals surface area contributed by atoms with E-state index in [0.29, 0.717) is 25.9 Å². The van der Waals surface area contributed by atoms with Crippen LogP contribution < -0.4 is 5.32 Å². The van der Waals surface area contributed by atoms with Gasteiger partial charge in [-0.15, -0.1) is 11.8 Å². The summed E-state index contributed by atoms with van der Waals surface area (Å²) >= 11 is 1.49. The topological polar surface area (TPSA) is 75.7 Å². The summed E-state index contributed by atoms with van der Waals surface area (Å²) < 4.78 is 5.42. The van der Waals surface area contributed by atoms with Gasteiger partial charge >= 0.3 is 6.09 Å². The zero-order valence-electron chi connectivity index (χ0n) is 16.5. The van der Waals surface area contributed by atoms with Crippen molar-refractivity contribution in [3.63, 3.8) is 0 Å². The lowest BCUT2D eigenvalue weighted by atomic mass is 10.00. The summed E-state index contributed by atoms with van der Waals surface area (Å²) in [6, 6.07) is 8.10. The van der Waals surface area contributed by atoms with E-state index in [9.17, 15) is 14.4 Å². The van der Waals surface area contributed by atoms with Gasteiger partial charge in [0.05, 0.1) is 5.25 Å². The minimum atomic E-state index is -0.489. The molecule has 28 heavy (non-hydrogen) atoms. The number of imide groups is 1. The monoisotopic (exact) mass is 402 g/mol. The summed E-state index contributed by atoms with van der Waals surface area (Å²) in [6.45, 7) is 6.77. The average Bonchev–Trinajstić information content (AvgIpc) is 2.63. The second kappa shape index (κ2) is 8.39. The molecule has 2 aliphatic rings. The van der Waals surface area contributed by atoms with E-state index in [1.165, 1.54) is 17.3 Å². The fourth-order valence-electron chi connectivity index (χ4n) is 3.12. The first-order chi connectivity index (χ1) is 13.2. The zero-order chi connectivity index (χ0) is 20.3. The molecule has 1 aromatic carbocycles. The van der Waals surface area contributed by atoms with Crippen LogP contribution in [0.15, 0.2) is 35.2 Å². The highest BCUT2D eigenvalue weighted by atomic mass is 32.2. The maximum atomic E-state index is 12.2. The van der Waals surface area contributed by atoms with Gasteiger partial charge in [0, 0.05) is 24.4 Å². The molecule has 7 heteroatoms. The van der Waals surface area contributed by atoms with Gasteiger partial charge in [0.15, 0.2) is 0 Å². The van der Waals surface area contributed by atoms with Crippen molar-refractivity contribution in [3.8, 4) is 0 Å². The minimum absolute atomic E-state index is 0.193. The average molecular weight is 403 g/mol. The molecule has 3 amide bonds. The van der Waals surface area contributed by atoms with Crippen LogP contribution in [-0.2, 0) is 14.3 Å². The van der Waals surface area contributed by atoms with Crippen molar-refractivity contribution >= 4 is 35.2 Å². The van der Waals surface area contributed by atoms with Crippen molar-refractivity contribution in [3.05, 3.63) is 35.9 Å². The largest absolute Gasteiger partial charge is 0.444 e. The Kier molecular flexibility index (Phi) is 6.13. The third-order valence-electron chi connectivity index (χ3n) is 4.55. The third kappa shape index (κ3) is 5.38. The lowest BCUT2D eigenvalue weighted by Crippen LogP contribution is -2.42. The predicted molar refractivity (Wildman–Crippen MR) is 109 cm³/mol. The Morgan fingerprint density at radius 1 is 1.18 bits per heavy atom. The molecule has 0 saturated carbocycles. The van der Waals surface area contributed by atoms with E-state index in [-0.39, 0.29) is 23.2 Å². The lowest BCUT2D eigenvalue weighted by molar-refractivity contribution is -0.132. The van der Waals surface area contributed by atoms with Crippen molar-refractivity contribution in [2.75, 3.05) is 13.1 Å². The van der Waals surface area contributed by atoms with E-state index in [0.717, 1.165) is 16.9 Å². The van der Waals surface area contributed by atoms with Crippen LogP contribution >= 0.6 is 11.8 Å². The van der Waals surface area contributed by atoms with Gasteiger partial charge in [0.2, 0.25) is 11.8 Å². The predicted octanol–water partition coefficient (Wildman–Crippen LogP) is 3.61. The number of hydrogen-bond donors (Lipinski definition) is 1. The molecule has 1 unspecified atom stereocenters. The van der Waals surface area contributed by atoms with Gasteiger partial charge < -0.3 is 9.64 Å². The molecule has 0 bridgehead atoms. The smallest absolute Gasteiger partial charge is 0.410 e. The number of ether oxygens (including phenoxy) is 1. The lowest BCUT2D eigenvalue weighted by Gasteiger charge is -2.29. The normalized spacial score (nSPS) is 20.5. The van der Waals surface area contributed by atoms with Crippen LogP contribution in [0.3, 0.4) is 0 Å². The van der Waals surface area contributed by atoms with E-state index in [1.807, 2.05) is 45.0 Å². The highest BCUT2D eigenvalue weighted by Crippen LogP contribution is 2.30. The van der Waals surface area contributed by atoms with Crippen molar-refractivity contribution in [1.29, 1.82) is 0 Å². The maximum absolute atomic E-state index is 12.2. The molecule has 1 aromatic rings. The van der Waals surface area contributed by atoms with Gasteiger partial charge in [-0.2, -0.15) is 0 Å². The second-order valence-corrected chi connectivity index (χ2v) is 9.26. The number of nitrogens with zero attached hydrogens (tertiary/aromatic N) is 1. The Morgan fingerprint density at radius 2 is 1.89 bits per heavy atom. The van der Waals surface area contributed by atoms with E-state index >= 15 is 0 Å². The first-order valence-electron chi connectivity index (χ1n) is 9.49. The highest BCUT2D eigenvalue weighted by Gasteiger charge is 2.27. The molecule has 1 atom stereocenters. The molecule has 1 fully saturated rings. The molecule has 0 aliphatic carbocycles. The van der Waals surface area contributed by atoms with Crippen molar-refractivity contribution in [1.82, 2.24) is 10.2 Å². The standard InChI is InChI=1S/C21H26N2O4S/c1-21(2,3)27-20(26)23-12-10-15(11-13-23)14-4-6-16(7-5-14)28-17-8-9-18(24)22-19(17)25/h4-7,10,17H,8-9,11-13H2,1-3H3,(H,22,24,25). The van der Waals surface area contributed by atoms with E-state index in [4.69, 9.17) is 4.74 Å². The van der Waals surface area contributed by atoms with Gasteiger partial charge in [-0.25, -0.2) is 4.79 Å². The van der Waals surface area contributed by atoms with Crippen molar-refractivity contribution in [2.24, 2.45) is 0 Å². The SMILES string of the molecule is CC(C)(C)OC(=O)N1CC=C(c2ccc(SC3CCC(=O)NC3=O)cc2)CC1. The van der Waals surface area contributed by atoms with Gasteiger partial charge in [0.1, 0.15) is 5.60 Å². The Balaban J connectivity index is 1.57. The Labute approximate surface area is 169 Å². The first kappa shape index (κ1) is 20.5. The molecule has 3 rings (SSSR count). The van der Waals surface area contributed by atoms with Crippen LogP contribution in [0.4, 0.5) is 4.79 Å². The number of piperidine rings is 1. The van der Waals surface area contributed by atoms with Crippen LogP contribution in [0.5, 0.6) is 0 Å². The molecule has 0 aromatic heterocycles. The molecular weight excluding hydrogens is 376 g/mol. The molecule has 1 saturated heterocycles. The van der Waals surface area contributed by atoms with Crippen molar-refractivity contribution < 1.29 is 19.1 Å². The number of benzene rings is 1. The highest BCUT2D eigenvalue weighted by molar-refractivity contribution is 8.00. The number of carbonyl (C=O) groups excluding carboxylic acids is 3. The fraction of sp³-hybridized carbons (Fsp3) is 0.476. The van der Waals surface area contributed by atoms with Crippen molar-refractivity contribution in [2.45, 2.75) is 55.8 Å². The Bertz CT molecular complexity index is 796. The number of carbonyl (C=O) groups is 3. The molecule has 2 aliphatic heterocycles. The molecule has 1 N–H and O–H groups in total. The number of hydrogen-bond acceptors (Lipinski definition) is 5.